The topological polar surface area (TPSA) is 35.5 Å². The molecule has 0 amide bonds. The SMILES string of the molecule is CCCCCCCCC(OC(=O)OCCCCC)c1ccccc1. The Hall–Kier alpha value is -1.51. The van der Waals surface area contributed by atoms with Gasteiger partial charge in [-0.25, -0.2) is 4.79 Å². The zero-order valence-corrected chi connectivity index (χ0v) is 15.5. The molecular formula is C21H34O3. The molecule has 3 heteroatoms. The molecule has 0 saturated carbocycles. The number of hydrogen-bond acceptors (Lipinski definition) is 3. The van der Waals surface area contributed by atoms with Crippen LogP contribution in [-0.2, 0) is 9.47 Å². The van der Waals surface area contributed by atoms with Crippen molar-refractivity contribution in [3.63, 3.8) is 0 Å². The fraction of sp³-hybridized carbons (Fsp3) is 0.667. The second-order valence-electron chi connectivity index (χ2n) is 6.38. The number of hydrogen-bond donors (Lipinski definition) is 0. The number of ether oxygens (including phenoxy) is 2. The van der Waals surface area contributed by atoms with Crippen molar-refractivity contribution in [3.05, 3.63) is 35.9 Å². The van der Waals surface area contributed by atoms with Gasteiger partial charge in [-0.05, 0) is 24.8 Å². The summed E-state index contributed by atoms with van der Waals surface area (Å²) in [6.07, 6.45) is 10.6. The maximum absolute atomic E-state index is 11.9. The molecule has 1 aromatic rings. The molecule has 0 radical (unpaired) electrons. The number of benzene rings is 1. The lowest BCUT2D eigenvalue weighted by atomic mass is 10.0. The monoisotopic (exact) mass is 334 g/mol. The smallest absolute Gasteiger partial charge is 0.434 e. The number of carbonyl (C=O) groups excluding carboxylic acids is 1. The minimum absolute atomic E-state index is 0.198. The highest BCUT2D eigenvalue weighted by molar-refractivity contribution is 5.60. The molecule has 3 nitrogen and oxygen atoms in total. The Morgan fingerprint density at radius 3 is 2.21 bits per heavy atom. The van der Waals surface area contributed by atoms with Crippen molar-refractivity contribution in [1.82, 2.24) is 0 Å². The van der Waals surface area contributed by atoms with Crippen LogP contribution in [0.2, 0.25) is 0 Å². The molecule has 1 atom stereocenters. The van der Waals surface area contributed by atoms with E-state index in [1.807, 2.05) is 30.3 Å². The molecule has 0 spiro atoms. The van der Waals surface area contributed by atoms with E-state index in [-0.39, 0.29) is 6.10 Å². The Labute approximate surface area is 147 Å². The van der Waals surface area contributed by atoms with Gasteiger partial charge in [0.25, 0.3) is 0 Å². The molecule has 0 fully saturated rings. The van der Waals surface area contributed by atoms with E-state index in [1.54, 1.807) is 0 Å². The second-order valence-corrected chi connectivity index (χ2v) is 6.38. The van der Waals surface area contributed by atoms with Crippen LogP contribution in [0.3, 0.4) is 0 Å². The molecule has 0 heterocycles. The standard InChI is InChI=1S/C21H34O3/c1-3-5-7-8-9-13-17-20(19-15-11-10-12-16-19)24-21(22)23-18-14-6-4-2/h10-12,15-16,20H,3-9,13-14,17-18H2,1-2H3. The Morgan fingerprint density at radius 1 is 0.875 bits per heavy atom. The van der Waals surface area contributed by atoms with Crippen molar-refractivity contribution < 1.29 is 14.3 Å². The molecule has 0 saturated heterocycles. The van der Waals surface area contributed by atoms with E-state index >= 15 is 0 Å². The summed E-state index contributed by atoms with van der Waals surface area (Å²) in [5.41, 5.74) is 1.05. The van der Waals surface area contributed by atoms with Gasteiger partial charge in [0.05, 0.1) is 6.61 Å². The molecule has 1 aromatic carbocycles. The van der Waals surface area contributed by atoms with Gasteiger partial charge >= 0.3 is 6.16 Å². The molecule has 0 aliphatic rings. The van der Waals surface area contributed by atoms with Gasteiger partial charge in [-0.3, -0.25) is 0 Å². The van der Waals surface area contributed by atoms with Gasteiger partial charge in [-0.15, -0.1) is 0 Å². The predicted octanol–water partition coefficient (Wildman–Crippen LogP) is 6.82. The predicted molar refractivity (Wildman–Crippen MR) is 99.1 cm³/mol. The largest absolute Gasteiger partial charge is 0.508 e. The van der Waals surface area contributed by atoms with E-state index in [1.165, 1.54) is 32.1 Å². The first-order valence-corrected chi connectivity index (χ1v) is 9.66. The molecule has 1 unspecified atom stereocenters. The van der Waals surface area contributed by atoms with Crippen molar-refractivity contribution in [2.24, 2.45) is 0 Å². The average Bonchev–Trinajstić information content (AvgIpc) is 2.61. The van der Waals surface area contributed by atoms with E-state index < -0.39 is 6.16 Å². The van der Waals surface area contributed by atoms with E-state index in [0.717, 1.165) is 37.7 Å². The van der Waals surface area contributed by atoms with Gasteiger partial charge in [-0.2, -0.15) is 0 Å². The lowest BCUT2D eigenvalue weighted by Crippen LogP contribution is -2.14. The summed E-state index contributed by atoms with van der Waals surface area (Å²) in [5, 5.41) is 0. The Kier molecular flexibility index (Phi) is 11.9. The minimum atomic E-state index is -0.536. The Morgan fingerprint density at radius 2 is 1.50 bits per heavy atom. The van der Waals surface area contributed by atoms with E-state index in [0.29, 0.717) is 6.61 Å². The number of carbonyl (C=O) groups is 1. The lowest BCUT2D eigenvalue weighted by molar-refractivity contribution is 0.0183. The third kappa shape index (κ3) is 9.59. The van der Waals surface area contributed by atoms with Gasteiger partial charge in [-0.1, -0.05) is 89.1 Å². The number of rotatable bonds is 13. The highest BCUT2D eigenvalue weighted by Gasteiger charge is 2.17. The van der Waals surface area contributed by atoms with Crippen LogP contribution in [-0.4, -0.2) is 12.8 Å². The quantitative estimate of drug-likeness (QED) is 0.293. The van der Waals surface area contributed by atoms with E-state index in [2.05, 4.69) is 13.8 Å². The first-order chi connectivity index (χ1) is 11.8. The summed E-state index contributed by atoms with van der Waals surface area (Å²) in [4.78, 5) is 11.9. The van der Waals surface area contributed by atoms with Crippen molar-refractivity contribution in [2.75, 3.05) is 6.61 Å². The van der Waals surface area contributed by atoms with Gasteiger partial charge in [0, 0.05) is 0 Å². The first kappa shape index (κ1) is 20.5. The third-order valence-corrected chi connectivity index (χ3v) is 4.20. The summed E-state index contributed by atoms with van der Waals surface area (Å²) in [7, 11) is 0. The van der Waals surface area contributed by atoms with Crippen LogP contribution in [0.1, 0.15) is 89.7 Å². The molecule has 0 N–H and O–H groups in total. The summed E-state index contributed by atoms with van der Waals surface area (Å²) < 4.78 is 10.8. The molecule has 0 aliphatic heterocycles. The molecule has 1 rings (SSSR count). The van der Waals surface area contributed by atoms with Gasteiger partial charge in [0.1, 0.15) is 6.10 Å². The van der Waals surface area contributed by atoms with Crippen LogP contribution in [0.5, 0.6) is 0 Å². The van der Waals surface area contributed by atoms with Crippen molar-refractivity contribution >= 4 is 6.16 Å². The van der Waals surface area contributed by atoms with Gasteiger partial charge < -0.3 is 9.47 Å². The summed E-state index contributed by atoms with van der Waals surface area (Å²) in [6.45, 7) is 4.81. The first-order valence-electron chi connectivity index (χ1n) is 9.66. The van der Waals surface area contributed by atoms with Crippen LogP contribution in [0.4, 0.5) is 4.79 Å². The van der Waals surface area contributed by atoms with E-state index in [9.17, 15) is 4.79 Å². The Bertz CT molecular complexity index is 416. The lowest BCUT2D eigenvalue weighted by Gasteiger charge is -2.18. The normalized spacial score (nSPS) is 11.9. The highest BCUT2D eigenvalue weighted by atomic mass is 16.7. The average molecular weight is 334 g/mol. The summed E-state index contributed by atoms with van der Waals surface area (Å²) in [6, 6.07) is 9.99. The zero-order chi connectivity index (χ0) is 17.5. The maximum Gasteiger partial charge on any atom is 0.508 e. The molecule has 0 aliphatic carbocycles. The van der Waals surface area contributed by atoms with Crippen molar-refractivity contribution in [3.8, 4) is 0 Å². The zero-order valence-electron chi connectivity index (χ0n) is 15.5. The molecule has 24 heavy (non-hydrogen) atoms. The van der Waals surface area contributed by atoms with Crippen LogP contribution < -0.4 is 0 Å². The molecule has 0 aromatic heterocycles. The van der Waals surface area contributed by atoms with Crippen molar-refractivity contribution in [2.45, 2.75) is 84.2 Å². The molecule has 136 valence electrons. The second kappa shape index (κ2) is 13.9. The van der Waals surface area contributed by atoms with Crippen LogP contribution >= 0.6 is 0 Å². The highest BCUT2D eigenvalue weighted by Crippen LogP contribution is 2.25. The maximum atomic E-state index is 11.9. The molecule has 0 bridgehead atoms. The molecular weight excluding hydrogens is 300 g/mol. The Balaban J connectivity index is 2.39. The fourth-order valence-electron chi connectivity index (χ4n) is 2.73. The fourth-order valence-corrected chi connectivity index (χ4v) is 2.73. The summed E-state index contributed by atoms with van der Waals surface area (Å²) >= 11 is 0. The van der Waals surface area contributed by atoms with E-state index in [4.69, 9.17) is 9.47 Å². The van der Waals surface area contributed by atoms with Crippen LogP contribution in [0, 0.1) is 0 Å². The van der Waals surface area contributed by atoms with Gasteiger partial charge in [0.15, 0.2) is 0 Å². The van der Waals surface area contributed by atoms with Crippen LogP contribution in [0.15, 0.2) is 30.3 Å². The number of unbranched alkanes of at least 4 members (excludes halogenated alkanes) is 7. The minimum Gasteiger partial charge on any atom is -0.434 e. The van der Waals surface area contributed by atoms with Crippen LogP contribution in [0.25, 0.3) is 0 Å². The third-order valence-electron chi connectivity index (χ3n) is 4.20. The van der Waals surface area contributed by atoms with Gasteiger partial charge in [0.2, 0.25) is 0 Å². The summed E-state index contributed by atoms with van der Waals surface area (Å²) in [5.74, 6) is 0. The van der Waals surface area contributed by atoms with Crippen molar-refractivity contribution in [1.29, 1.82) is 0 Å².